The van der Waals surface area contributed by atoms with Crippen LogP contribution in [0.25, 0.3) is 0 Å². The van der Waals surface area contributed by atoms with E-state index in [0.717, 1.165) is 19.3 Å². The van der Waals surface area contributed by atoms with Crippen LogP contribution in [0.4, 0.5) is 0 Å². The quantitative estimate of drug-likeness (QED) is 0.163. The van der Waals surface area contributed by atoms with E-state index in [2.05, 4.69) is 6.92 Å². The normalized spacial score (nSPS) is 11.3. The molecule has 140 valence electrons. The molecule has 0 bridgehead atoms. The van der Waals surface area contributed by atoms with Crippen molar-refractivity contribution < 1.29 is 20.1 Å². The van der Waals surface area contributed by atoms with Crippen LogP contribution in [0.5, 0.6) is 0 Å². The van der Waals surface area contributed by atoms with Gasteiger partial charge in [0.15, 0.2) is 0 Å². The van der Waals surface area contributed by atoms with Gasteiger partial charge in [0.2, 0.25) is 0 Å². The SMILES string of the molecule is CCCCCCCCCCCCCCCCC(O)(O)C(=O)O.[BiH3]. The van der Waals surface area contributed by atoms with E-state index in [1.165, 1.54) is 64.2 Å². The van der Waals surface area contributed by atoms with Crippen molar-refractivity contribution in [3.63, 3.8) is 0 Å². The summed E-state index contributed by atoms with van der Waals surface area (Å²) in [6, 6.07) is 0. The van der Waals surface area contributed by atoms with Gasteiger partial charge in [-0.05, 0) is 6.42 Å². The van der Waals surface area contributed by atoms with Crippen LogP contribution in [0.3, 0.4) is 0 Å². The maximum atomic E-state index is 10.5. The van der Waals surface area contributed by atoms with Gasteiger partial charge in [-0.15, -0.1) is 0 Å². The standard InChI is InChI=1S/C18H36O4.Bi.3H/c1-2-3-4-5-6-7-8-9-10-11-12-13-14-15-16-18(21,22)17(19)20;;;;/h21-22H,2-16H2,1H3,(H,19,20);;;;. The van der Waals surface area contributed by atoms with Gasteiger partial charge in [0, 0.05) is 6.42 Å². The number of aliphatic hydroxyl groups is 2. The summed E-state index contributed by atoms with van der Waals surface area (Å²) in [5.41, 5.74) is 0. The average Bonchev–Trinajstić information content (AvgIpc) is 2.47. The number of hydrogen-bond acceptors (Lipinski definition) is 3. The molecule has 5 heteroatoms. The summed E-state index contributed by atoms with van der Waals surface area (Å²) in [6.07, 6.45) is 17.0. The Hall–Kier alpha value is 0.273. The molecular weight excluding hydrogens is 489 g/mol. The van der Waals surface area contributed by atoms with Crippen molar-refractivity contribution >= 4 is 32.2 Å². The third-order valence-corrected chi connectivity index (χ3v) is 4.22. The van der Waals surface area contributed by atoms with Gasteiger partial charge >= 0.3 is 32.2 Å². The second-order valence-corrected chi connectivity index (χ2v) is 6.47. The number of carboxylic acids is 1. The predicted molar refractivity (Wildman–Crippen MR) is 99.7 cm³/mol. The van der Waals surface area contributed by atoms with Gasteiger partial charge < -0.3 is 15.3 Å². The van der Waals surface area contributed by atoms with Crippen molar-refractivity contribution in [3.8, 4) is 0 Å². The number of aliphatic carboxylic acids is 1. The third kappa shape index (κ3) is 16.9. The Balaban J connectivity index is 0. The van der Waals surface area contributed by atoms with Gasteiger partial charge in [0.25, 0.3) is 5.79 Å². The van der Waals surface area contributed by atoms with Gasteiger partial charge in [0.1, 0.15) is 0 Å². The molecule has 0 spiro atoms. The molecule has 0 aromatic carbocycles. The molecule has 0 aliphatic carbocycles. The average molecular weight is 528 g/mol. The first-order valence-corrected chi connectivity index (χ1v) is 9.19. The van der Waals surface area contributed by atoms with Crippen LogP contribution < -0.4 is 0 Å². The van der Waals surface area contributed by atoms with Gasteiger partial charge in [-0.3, -0.25) is 0 Å². The fourth-order valence-corrected chi connectivity index (χ4v) is 2.67. The third-order valence-electron chi connectivity index (χ3n) is 4.22. The first kappa shape index (κ1) is 25.5. The fourth-order valence-electron chi connectivity index (χ4n) is 2.67. The summed E-state index contributed by atoms with van der Waals surface area (Å²) in [5.74, 6) is -4.10. The molecule has 0 amide bonds. The maximum absolute atomic E-state index is 10.5. The molecule has 0 aromatic heterocycles. The monoisotopic (exact) mass is 528 g/mol. The van der Waals surface area contributed by atoms with Crippen molar-refractivity contribution in [2.45, 2.75) is 109 Å². The van der Waals surface area contributed by atoms with Crippen LogP contribution in [0, 0.1) is 0 Å². The van der Waals surface area contributed by atoms with E-state index < -0.39 is 11.8 Å². The minimum absolute atomic E-state index is 0. The molecule has 0 fully saturated rings. The Kier molecular flexibility index (Phi) is 19.0. The van der Waals surface area contributed by atoms with Crippen molar-refractivity contribution in [1.29, 1.82) is 0 Å². The molecule has 0 heterocycles. The van der Waals surface area contributed by atoms with E-state index in [1.54, 1.807) is 0 Å². The Morgan fingerprint density at radius 2 is 1.00 bits per heavy atom. The summed E-state index contributed by atoms with van der Waals surface area (Å²) in [5, 5.41) is 26.8. The zero-order chi connectivity index (χ0) is 16.7. The topological polar surface area (TPSA) is 77.8 Å². The van der Waals surface area contributed by atoms with Crippen LogP contribution in [0.15, 0.2) is 0 Å². The summed E-state index contributed by atoms with van der Waals surface area (Å²) in [6.45, 7) is 2.25. The summed E-state index contributed by atoms with van der Waals surface area (Å²) in [7, 11) is 0. The number of rotatable bonds is 16. The van der Waals surface area contributed by atoms with E-state index in [-0.39, 0.29) is 32.6 Å². The zero-order valence-corrected chi connectivity index (χ0v) is 20.6. The molecule has 0 saturated carbocycles. The van der Waals surface area contributed by atoms with E-state index in [1.807, 2.05) is 0 Å². The number of hydrogen-bond donors (Lipinski definition) is 3. The van der Waals surface area contributed by atoms with Crippen molar-refractivity contribution in [2.24, 2.45) is 0 Å². The molecule has 3 N–H and O–H groups in total. The number of carboxylic acid groups (broad SMARTS) is 1. The van der Waals surface area contributed by atoms with Gasteiger partial charge in [-0.2, -0.15) is 0 Å². The second-order valence-electron chi connectivity index (χ2n) is 6.47. The number of carbonyl (C=O) groups is 1. The van der Waals surface area contributed by atoms with Gasteiger partial charge in [-0.1, -0.05) is 90.4 Å². The van der Waals surface area contributed by atoms with E-state index in [4.69, 9.17) is 15.3 Å². The van der Waals surface area contributed by atoms with E-state index in [9.17, 15) is 4.79 Å². The Bertz CT molecular complexity index is 270. The van der Waals surface area contributed by atoms with E-state index in [0.29, 0.717) is 6.42 Å². The van der Waals surface area contributed by atoms with Crippen LogP contribution in [-0.2, 0) is 4.79 Å². The van der Waals surface area contributed by atoms with Crippen molar-refractivity contribution in [2.75, 3.05) is 0 Å². The Morgan fingerprint density at radius 1 is 0.696 bits per heavy atom. The molecule has 0 unspecified atom stereocenters. The molecule has 0 saturated heterocycles. The van der Waals surface area contributed by atoms with E-state index >= 15 is 0 Å². The Labute approximate surface area is 161 Å². The fraction of sp³-hybridized carbons (Fsp3) is 0.944. The molecule has 0 aromatic rings. The molecule has 0 rings (SSSR count). The summed E-state index contributed by atoms with van der Waals surface area (Å²) < 4.78 is 0. The molecular formula is C18H39BiO4. The Morgan fingerprint density at radius 3 is 1.30 bits per heavy atom. The second kappa shape index (κ2) is 17.1. The zero-order valence-electron chi connectivity index (χ0n) is 15.1. The summed E-state index contributed by atoms with van der Waals surface area (Å²) in [4.78, 5) is 10.5. The first-order valence-electron chi connectivity index (χ1n) is 9.19. The first-order chi connectivity index (χ1) is 10.5. The minimum atomic E-state index is -2.54. The molecule has 0 radical (unpaired) electrons. The van der Waals surface area contributed by atoms with Crippen LogP contribution >= 0.6 is 0 Å². The predicted octanol–water partition coefficient (Wildman–Crippen LogP) is 3.44. The molecule has 4 nitrogen and oxygen atoms in total. The van der Waals surface area contributed by atoms with Crippen molar-refractivity contribution in [1.82, 2.24) is 0 Å². The van der Waals surface area contributed by atoms with Crippen LogP contribution in [0.2, 0.25) is 0 Å². The van der Waals surface area contributed by atoms with Crippen molar-refractivity contribution in [3.05, 3.63) is 0 Å². The number of unbranched alkanes of at least 4 members (excludes halogenated alkanes) is 13. The van der Waals surface area contributed by atoms with Gasteiger partial charge in [0.05, 0.1) is 0 Å². The van der Waals surface area contributed by atoms with Gasteiger partial charge in [-0.25, -0.2) is 4.79 Å². The molecule has 0 aliphatic heterocycles. The van der Waals surface area contributed by atoms with Crippen LogP contribution in [0.1, 0.15) is 103 Å². The molecule has 23 heavy (non-hydrogen) atoms. The summed E-state index contributed by atoms with van der Waals surface area (Å²) >= 11 is 0. The molecule has 0 aliphatic rings. The molecule has 0 atom stereocenters. The van der Waals surface area contributed by atoms with Crippen LogP contribution in [-0.4, -0.2) is 53.3 Å².